The molecule has 0 spiro atoms. The fraction of sp³-hybridized carbons (Fsp3) is 0.435. The van der Waals surface area contributed by atoms with E-state index in [1.165, 1.54) is 0 Å². The van der Waals surface area contributed by atoms with Crippen LogP contribution in [0.25, 0.3) is 0 Å². The molecule has 2 aromatic rings. The second-order valence-corrected chi connectivity index (χ2v) is 7.21. The molecular formula is C23H27NO5. The summed E-state index contributed by atoms with van der Waals surface area (Å²) < 4.78 is 22.5. The van der Waals surface area contributed by atoms with Crippen LogP contribution in [-0.2, 0) is 0 Å². The summed E-state index contributed by atoms with van der Waals surface area (Å²) in [7, 11) is 1.59. The molecule has 0 aliphatic carbocycles. The Kier molecular flexibility index (Phi) is 5.79. The van der Waals surface area contributed by atoms with Gasteiger partial charge in [0.15, 0.2) is 23.0 Å². The van der Waals surface area contributed by atoms with E-state index in [0.29, 0.717) is 36.9 Å². The van der Waals surface area contributed by atoms with Gasteiger partial charge in [0.2, 0.25) is 0 Å². The Balaban J connectivity index is 1.58. The van der Waals surface area contributed by atoms with Gasteiger partial charge in [-0.1, -0.05) is 6.07 Å². The lowest BCUT2D eigenvalue weighted by Crippen LogP contribution is -2.30. The van der Waals surface area contributed by atoms with Crippen LogP contribution in [0.2, 0.25) is 0 Å². The first-order valence-corrected chi connectivity index (χ1v) is 10.2. The third kappa shape index (κ3) is 3.97. The van der Waals surface area contributed by atoms with Crippen LogP contribution in [-0.4, -0.2) is 44.3 Å². The summed E-state index contributed by atoms with van der Waals surface area (Å²) >= 11 is 0. The molecule has 0 unspecified atom stereocenters. The number of likely N-dealkylation sites (tertiary alicyclic amines) is 1. The summed E-state index contributed by atoms with van der Waals surface area (Å²) in [6.07, 6.45) is 2.77. The SMILES string of the molecule is CCOc1ccc(C(=O)N2CCC[C@@H]2c2ccc3c(c2)OCCCO3)cc1OC. The van der Waals surface area contributed by atoms with Crippen molar-refractivity contribution >= 4 is 5.91 Å². The summed E-state index contributed by atoms with van der Waals surface area (Å²) in [5.41, 5.74) is 1.68. The first kappa shape index (κ1) is 19.4. The lowest BCUT2D eigenvalue weighted by molar-refractivity contribution is 0.0735. The third-order valence-electron chi connectivity index (χ3n) is 5.38. The van der Waals surface area contributed by atoms with Gasteiger partial charge in [0, 0.05) is 18.5 Å². The fourth-order valence-electron chi connectivity index (χ4n) is 3.98. The van der Waals surface area contributed by atoms with Crippen LogP contribution in [0.3, 0.4) is 0 Å². The smallest absolute Gasteiger partial charge is 0.254 e. The summed E-state index contributed by atoms with van der Waals surface area (Å²) in [4.78, 5) is 15.2. The van der Waals surface area contributed by atoms with Gasteiger partial charge >= 0.3 is 0 Å². The van der Waals surface area contributed by atoms with E-state index in [2.05, 4.69) is 0 Å². The number of fused-ring (bicyclic) bond motifs is 1. The Morgan fingerprint density at radius 2 is 1.90 bits per heavy atom. The minimum absolute atomic E-state index is 0.000889. The Morgan fingerprint density at radius 1 is 1.07 bits per heavy atom. The molecule has 29 heavy (non-hydrogen) atoms. The van der Waals surface area contributed by atoms with Crippen molar-refractivity contribution in [1.29, 1.82) is 0 Å². The summed E-state index contributed by atoms with van der Waals surface area (Å²) in [6, 6.07) is 11.4. The fourth-order valence-corrected chi connectivity index (χ4v) is 3.98. The second-order valence-electron chi connectivity index (χ2n) is 7.21. The molecular weight excluding hydrogens is 370 g/mol. The number of methoxy groups -OCH3 is 1. The number of hydrogen-bond acceptors (Lipinski definition) is 5. The number of carbonyl (C=O) groups is 1. The number of nitrogens with zero attached hydrogens (tertiary/aromatic N) is 1. The summed E-state index contributed by atoms with van der Waals surface area (Å²) in [5.74, 6) is 2.76. The Bertz CT molecular complexity index is 882. The number of hydrogen-bond donors (Lipinski definition) is 0. The molecule has 2 aromatic carbocycles. The van der Waals surface area contributed by atoms with Gasteiger partial charge in [-0.2, -0.15) is 0 Å². The van der Waals surface area contributed by atoms with E-state index in [-0.39, 0.29) is 11.9 Å². The van der Waals surface area contributed by atoms with Gasteiger partial charge in [-0.25, -0.2) is 0 Å². The number of rotatable bonds is 5. The monoisotopic (exact) mass is 397 g/mol. The summed E-state index contributed by atoms with van der Waals surface area (Å²) in [5, 5.41) is 0. The molecule has 0 saturated carbocycles. The van der Waals surface area contributed by atoms with Crippen LogP contribution in [0.5, 0.6) is 23.0 Å². The van der Waals surface area contributed by atoms with Crippen molar-refractivity contribution in [3.8, 4) is 23.0 Å². The Morgan fingerprint density at radius 3 is 2.69 bits per heavy atom. The van der Waals surface area contributed by atoms with Crippen molar-refractivity contribution in [1.82, 2.24) is 4.90 Å². The molecule has 4 rings (SSSR count). The van der Waals surface area contributed by atoms with Gasteiger partial charge in [-0.3, -0.25) is 4.79 Å². The van der Waals surface area contributed by atoms with Crippen molar-refractivity contribution in [2.75, 3.05) is 33.5 Å². The minimum Gasteiger partial charge on any atom is -0.493 e. The molecule has 2 aliphatic heterocycles. The first-order valence-electron chi connectivity index (χ1n) is 10.2. The van der Waals surface area contributed by atoms with E-state index in [1.54, 1.807) is 25.3 Å². The third-order valence-corrected chi connectivity index (χ3v) is 5.38. The van der Waals surface area contributed by atoms with Crippen molar-refractivity contribution < 1.29 is 23.7 Å². The van der Waals surface area contributed by atoms with E-state index in [9.17, 15) is 4.79 Å². The van der Waals surface area contributed by atoms with E-state index in [0.717, 1.165) is 42.9 Å². The molecule has 0 bridgehead atoms. The molecule has 0 N–H and O–H groups in total. The molecule has 0 aromatic heterocycles. The molecule has 6 nitrogen and oxygen atoms in total. The van der Waals surface area contributed by atoms with E-state index in [1.807, 2.05) is 30.0 Å². The van der Waals surface area contributed by atoms with Crippen LogP contribution >= 0.6 is 0 Å². The molecule has 1 fully saturated rings. The molecule has 1 atom stereocenters. The number of ether oxygens (including phenoxy) is 4. The van der Waals surface area contributed by atoms with Crippen molar-refractivity contribution in [2.24, 2.45) is 0 Å². The zero-order valence-electron chi connectivity index (χ0n) is 17.0. The highest BCUT2D eigenvalue weighted by Gasteiger charge is 2.31. The summed E-state index contributed by atoms with van der Waals surface area (Å²) in [6.45, 7) is 4.51. The minimum atomic E-state index is 0.000889. The molecule has 2 aliphatic rings. The van der Waals surface area contributed by atoms with Crippen LogP contribution in [0.1, 0.15) is 48.1 Å². The zero-order valence-corrected chi connectivity index (χ0v) is 17.0. The zero-order chi connectivity index (χ0) is 20.2. The average molecular weight is 397 g/mol. The number of amides is 1. The maximum Gasteiger partial charge on any atom is 0.254 e. The lowest BCUT2D eigenvalue weighted by Gasteiger charge is -2.26. The Hall–Kier alpha value is -2.89. The van der Waals surface area contributed by atoms with Crippen molar-refractivity contribution in [3.05, 3.63) is 47.5 Å². The Labute approximate surface area is 171 Å². The number of benzene rings is 2. The normalized spacial score (nSPS) is 18.3. The largest absolute Gasteiger partial charge is 0.493 e. The van der Waals surface area contributed by atoms with E-state index >= 15 is 0 Å². The van der Waals surface area contributed by atoms with E-state index in [4.69, 9.17) is 18.9 Å². The molecule has 1 amide bonds. The predicted molar refractivity (Wildman–Crippen MR) is 109 cm³/mol. The number of carbonyl (C=O) groups excluding carboxylic acids is 1. The van der Waals surface area contributed by atoms with Gasteiger partial charge in [0.25, 0.3) is 5.91 Å². The lowest BCUT2D eigenvalue weighted by atomic mass is 10.0. The maximum atomic E-state index is 13.3. The van der Waals surface area contributed by atoms with Crippen LogP contribution in [0, 0.1) is 0 Å². The molecule has 154 valence electrons. The van der Waals surface area contributed by atoms with Crippen LogP contribution in [0.15, 0.2) is 36.4 Å². The highest BCUT2D eigenvalue weighted by molar-refractivity contribution is 5.95. The van der Waals surface area contributed by atoms with Crippen LogP contribution < -0.4 is 18.9 Å². The van der Waals surface area contributed by atoms with Gasteiger partial charge < -0.3 is 23.8 Å². The quantitative estimate of drug-likeness (QED) is 0.756. The van der Waals surface area contributed by atoms with Crippen LogP contribution in [0.4, 0.5) is 0 Å². The second kappa shape index (κ2) is 8.64. The highest BCUT2D eigenvalue weighted by Crippen LogP contribution is 2.39. The topological polar surface area (TPSA) is 57.2 Å². The predicted octanol–water partition coefficient (Wildman–Crippen LogP) is 4.23. The van der Waals surface area contributed by atoms with Crippen molar-refractivity contribution in [2.45, 2.75) is 32.2 Å². The van der Waals surface area contributed by atoms with Gasteiger partial charge in [0.05, 0.1) is 33.0 Å². The van der Waals surface area contributed by atoms with E-state index < -0.39 is 0 Å². The first-order chi connectivity index (χ1) is 14.2. The average Bonchev–Trinajstić information content (AvgIpc) is 3.12. The molecule has 1 saturated heterocycles. The molecule has 0 radical (unpaired) electrons. The van der Waals surface area contributed by atoms with Crippen molar-refractivity contribution in [3.63, 3.8) is 0 Å². The van der Waals surface area contributed by atoms with Gasteiger partial charge in [-0.15, -0.1) is 0 Å². The molecule has 2 heterocycles. The molecule has 6 heteroatoms. The van der Waals surface area contributed by atoms with Gasteiger partial charge in [0.1, 0.15) is 0 Å². The highest BCUT2D eigenvalue weighted by atomic mass is 16.5. The maximum absolute atomic E-state index is 13.3. The van der Waals surface area contributed by atoms with Gasteiger partial charge in [-0.05, 0) is 55.7 Å². The standard InChI is InChI=1S/C23H27NO5/c1-3-27-19-10-8-17(15-21(19)26-2)23(25)24-11-4-6-18(24)16-7-9-20-22(14-16)29-13-5-12-28-20/h7-10,14-15,18H,3-6,11-13H2,1-2H3/t18-/m1/s1.